The first-order valence-electron chi connectivity index (χ1n) is 9.50. The van der Waals surface area contributed by atoms with E-state index in [0.717, 1.165) is 30.4 Å². The summed E-state index contributed by atoms with van der Waals surface area (Å²) >= 11 is 13.5. The van der Waals surface area contributed by atoms with Crippen molar-refractivity contribution < 1.29 is 9.59 Å². The van der Waals surface area contributed by atoms with Crippen LogP contribution in [0.15, 0.2) is 35.7 Å². The molecule has 0 fully saturated rings. The van der Waals surface area contributed by atoms with Gasteiger partial charge in [-0.15, -0.1) is 22.9 Å². The summed E-state index contributed by atoms with van der Waals surface area (Å²) in [6, 6.07) is 9.59. The van der Waals surface area contributed by atoms with Crippen LogP contribution in [0.5, 0.6) is 0 Å². The van der Waals surface area contributed by atoms with Gasteiger partial charge in [0.25, 0.3) is 0 Å². The highest BCUT2D eigenvalue weighted by Gasteiger charge is 2.33. The van der Waals surface area contributed by atoms with Crippen LogP contribution < -0.4 is 0 Å². The molecule has 0 bridgehead atoms. The van der Waals surface area contributed by atoms with Gasteiger partial charge in [-0.1, -0.05) is 37.1 Å². The van der Waals surface area contributed by atoms with Crippen molar-refractivity contribution in [2.24, 2.45) is 0 Å². The molecule has 1 unspecified atom stereocenters. The molecule has 28 heavy (non-hydrogen) atoms. The number of hydrogen-bond acceptors (Lipinski definition) is 3. The average Bonchev–Trinajstić information content (AvgIpc) is 3.19. The number of alkyl halides is 1. The number of hydrogen-bond donors (Lipinski definition) is 0. The fourth-order valence-corrected chi connectivity index (χ4v) is 4.77. The first kappa shape index (κ1) is 21.2. The smallest absolute Gasteiger partial charge is 0.242 e. The van der Waals surface area contributed by atoms with Crippen LogP contribution in [-0.2, 0) is 16.0 Å². The van der Waals surface area contributed by atoms with E-state index in [-0.39, 0.29) is 30.3 Å². The van der Waals surface area contributed by atoms with Crippen LogP contribution in [0.2, 0.25) is 5.02 Å². The van der Waals surface area contributed by atoms with Gasteiger partial charge >= 0.3 is 0 Å². The van der Waals surface area contributed by atoms with E-state index < -0.39 is 0 Å². The van der Waals surface area contributed by atoms with E-state index in [1.165, 1.54) is 4.88 Å². The molecule has 0 N–H and O–H groups in total. The van der Waals surface area contributed by atoms with Gasteiger partial charge in [-0.25, -0.2) is 0 Å². The number of halogens is 2. The number of unbranched alkanes of at least 4 members (excludes halogenated alkanes) is 1. The lowest BCUT2D eigenvalue weighted by atomic mass is 9.93. The highest BCUT2D eigenvalue weighted by molar-refractivity contribution is 7.10. The lowest BCUT2D eigenvalue weighted by Crippen LogP contribution is -2.47. The first-order chi connectivity index (χ1) is 13.5. The maximum absolute atomic E-state index is 13.2. The van der Waals surface area contributed by atoms with Crippen molar-refractivity contribution in [1.29, 1.82) is 0 Å². The van der Waals surface area contributed by atoms with Crippen LogP contribution in [0.4, 0.5) is 0 Å². The number of carbonyl (C=O) groups is 2. The number of nitrogens with zero attached hydrogens (tertiary/aromatic N) is 2. The van der Waals surface area contributed by atoms with Crippen molar-refractivity contribution in [2.75, 3.05) is 25.5 Å². The molecule has 2 aromatic rings. The lowest BCUT2D eigenvalue weighted by Gasteiger charge is -2.37. The second-order valence-electron chi connectivity index (χ2n) is 6.89. The molecular weight excluding hydrogens is 415 g/mol. The summed E-state index contributed by atoms with van der Waals surface area (Å²) < 4.78 is 0. The Balaban J connectivity index is 1.86. The maximum atomic E-state index is 13.2. The van der Waals surface area contributed by atoms with E-state index in [9.17, 15) is 9.59 Å². The Morgan fingerprint density at radius 1 is 1.25 bits per heavy atom. The fourth-order valence-electron chi connectivity index (χ4n) is 3.57. The third kappa shape index (κ3) is 4.70. The summed E-state index contributed by atoms with van der Waals surface area (Å²) in [4.78, 5) is 30.2. The van der Waals surface area contributed by atoms with E-state index in [1.807, 2.05) is 29.2 Å². The molecule has 1 atom stereocenters. The van der Waals surface area contributed by atoms with Crippen LogP contribution in [0, 0.1) is 0 Å². The number of rotatable bonds is 7. The van der Waals surface area contributed by atoms with Crippen LogP contribution in [-0.4, -0.2) is 47.1 Å². The lowest BCUT2D eigenvalue weighted by molar-refractivity contribution is -0.140. The Morgan fingerprint density at radius 3 is 2.68 bits per heavy atom. The third-order valence-corrected chi connectivity index (χ3v) is 6.52. The summed E-state index contributed by atoms with van der Waals surface area (Å²) in [5.74, 6) is -0.349. The zero-order valence-corrected chi connectivity index (χ0v) is 18.2. The molecule has 0 spiro atoms. The molecule has 1 aromatic heterocycles. The topological polar surface area (TPSA) is 40.6 Å². The molecule has 0 radical (unpaired) electrons. The monoisotopic (exact) mass is 438 g/mol. The molecule has 1 aromatic carbocycles. The normalized spacial score (nSPS) is 16.0. The summed E-state index contributed by atoms with van der Waals surface area (Å²) in [6.07, 6.45) is 2.64. The second kappa shape index (κ2) is 9.77. The number of carbonyl (C=O) groups excluding carboxylic acids is 2. The SMILES string of the molecule is CCCCN(CC(=O)N1CCc2sccc2C1c1ccc(Cl)cc1)C(=O)CCl. The molecule has 150 valence electrons. The molecule has 2 heterocycles. The standard InChI is InChI=1S/C21H24Cl2N2O2S/c1-2-3-10-24(19(26)13-22)14-20(27)25-11-8-18-17(9-12-28-18)21(25)15-4-6-16(23)7-5-15/h4-7,9,12,21H,2-3,8,10-11,13-14H2,1H3. The number of fused-ring (bicyclic) bond motifs is 1. The summed E-state index contributed by atoms with van der Waals surface area (Å²) in [6.45, 7) is 3.31. The van der Waals surface area contributed by atoms with Gasteiger partial charge < -0.3 is 9.80 Å². The van der Waals surface area contributed by atoms with Crippen LogP contribution in [0.3, 0.4) is 0 Å². The van der Waals surface area contributed by atoms with E-state index in [4.69, 9.17) is 23.2 Å². The Hall–Kier alpha value is -1.56. The van der Waals surface area contributed by atoms with E-state index in [1.54, 1.807) is 16.2 Å². The Labute approximate surface area is 180 Å². The Morgan fingerprint density at radius 2 is 2.00 bits per heavy atom. The number of benzene rings is 1. The minimum atomic E-state index is -0.195. The average molecular weight is 439 g/mol. The number of thiophene rings is 1. The van der Waals surface area contributed by atoms with Gasteiger partial charge in [-0.2, -0.15) is 0 Å². The molecule has 3 rings (SSSR count). The zero-order chi connectivity index (χ0) is 20.1. The summed E-state index contributed by atoms with van der Waals surface area (Å²) in [5.41, 5.74) is 2.19. The van der Waals surface area contributed by atoms with Gasteiger partial charge in [0.05, 0.1) is 12.6 Å². The highest BCUT2D eigenvalue weighted by atomic mass is 35.5. The van der Waals surface area contributed by atoms with Gasteiger partial charge in [0, 0.05) is 23.0 Å². The van der Waals surface area contributed by atoms with Crippen molar-refractivity contribution >= 4 is 46.4 Å². The van der Waals surface area contributed by atoms with Crippen LogP contribution in [0.1, 0.15) is 41.8 Å². The van der Waals surface area contributed by atoms with Crippen LogP contribution >= 0.6 is 34.5 Å². The molecule has 1 aliphatic heterocycles. The quantitative estimate of drug-likeness (QED) is 0.585. The minimum Gasteiger partial charge on any atom is -0.332 e. The highest BCUT2D eigenvalue weighted by Crippen LogP contribution is 2.38. The van der Waals surface area contributed by atoms with Crippen molar-refractivity contribution in [1.82, 2.24) is 9.80 Å². The molecule has 4 nitrogen and oxygen atoms in total. The second-order valence-corrected chi connectivity index (χ2v) is 8.60. The maximum Gasteiger partial charge on any atom is 0.242 e. The van der Waals surface area contributed by atoms with Gasteiger partial charge in [-0.3, -0.25) is 9.59 Å². The predicted molar refractivity (Wildman–Crippen MR) is 115 cm³/mol. The first-order valence-corrected chi connectivity index (χ1v) is 11.3. The largest absolute Gasteiger partial charge is 0.332 e. The van der Waals surface area contributed by atoms with Gasteiger partial charge in [0.1, 0.15) is 5.88 Å². The molecule has 0 saturated heterocycles. The number of amides is 2. The fraction of sp³-hybridized carbons (Fsp3) is 0.429. The van der Waals surface area contributed by atoms with Crippen molar-refractivity contribution in [3.63, 3.8) is 0 Å². The summed E-state index contributed by atoms with van der Waals surface area (Å²) in [5, 5.41) is 2.74. The van der Waals surface area contributed by atoms with Crippen molar-refractivity contribution in [3.8, 4) is 0 Å². The minimum absolute atomic E-state index is 0.0497. The Bertz CT molecular complexity index is 822. The third-order valence-electron chi connectivity index (χ3n) is 5.05. The van der Waals surface area contributed by atoms with E-state index in [0.29, 0.717) is 18.1 Å². The zero-order valence-electron chi connectivity index (χ0n) is 15.9. The van der Waals surface area contributed by atoms with E-state index in [2.05, 4.69) is 18.4 Å². The molecule has 1 aliphatic rings. The van der Waals surface area contributed by atoms with E-state index >= 15 is 0 Å². The Kier molecular flexibility index (Phi) is 7.38. The van der Waals surface area contributed by atoms with Crippen LogP contribution in [0.25, 0.3) is 0 Å². The summed E-state index contributed by atoms with van der Waals surface area (Å²) in [7, 11) is 0. The van der Waals surface area contributed by atoms with Crippen molar-refractivity contribution in [2.45, 2.75) is 32.2 Å². The predicted octanol–water partition coefficient (Wildman–Crippen LogP) is 4.74. The molecular formula is C21H24Cl2N2O2S. The van der Waals surface area contributed by atoms with Gasteiger partial charge in [0.15, 0.2) is 0 Å². The molecule has 0 saturated carbocycles. The van der Waals surface area contributed by atoms with Crippen molar-refractivity contribution in [3.05, 3.63) is 56.7 Å². The molecule has 0 aliphatic carbocycles. The van der Waals surface area contributed by atoms with Gasteiger partial charge in [-0.05, 0) is 47.5 Å². The van der Waals surface area contributed by atoms with Gasteiger partial charge in [0.2, 0.25) is 11.8 Å². The molecule has 7 heteroatoms. The molecule has 2 amide bonds.